The van der Waals surface area contributed by atoms with Crippen LogP contribution in [0, 0.1) is 0 Å². The average molecular weight is 366 g/mol. The summed E-state index contributed by atoms with van der Waals surface area (Å²) >= 11 is 0. The molecule has 0 radical (unpaired) electrons. The molecule has 2 rings (SSSR count). The first-order chi connectivity index (χ1) is 12.3. The van der Waals surface area contributed by atoms with Gasteiger partial charge in [-0.15, -0.1) is 0 Å². The number of hydrogen-bond donors (Lipinski definition) is 0. The number of carbonyl (C=O) groups excluding carboxylic acids is 2. The Morgan fingerprint density at radius 3 is 2.35 bits per heavy atom. The summed E-state index contributed by atoms with van der Waals surface area (Å²) in [6, 6.07) is 10.7. The Morgan fingerprint density at radius 1 is 1.12 bits per heavy atom. The SMILES string of the molecule is CCOC(=O)CN(Cc1ccccc1)C(=O)c1ccc(C(F)(F)F)cn1. The van der Waals surface area contributed by atoms with Crippen LogP contribution in [0.15, 0.2) is 48.7 Å². The van der Waals surface area contributed by atoms with E-state index in [-0.39, 0.29) is 25.4 Å². The Balaban J connectivity index is 2.22. The number of halogens is 3. The van der Waals surface area contributed by atoms with E-state index < -0.39 is 23.6 Å². The molecule has 0 spiro atoms. The number of amides is 1. The molecule has 0 N–H and O–H groups in total. The van der Waals surface area contributed by atoms with Crippen LogP contribution in [0.1, 0.15) is 28.5 Å². The summed E-state index contributed by atoms with van der Waals surface area (Å²) in [4.78, 5) is 29.2. The minimum Gasteiger partial charge on any atom is -0.465 e. The van der Waals surface area contributed by atoms with Gasteiger partial charge in [-0.2, -0.15) is 13.2 Å². The summed E-state index contributed by atoms with van der Waals surface area (Å²) in [5.41, 5.74) is -0.371. The molecule has 0 unspecified atom stereocenters. The summed E-state index contributed by atoms with van der Waals surface area (Å²) in [7, 11) is 0. The fourth-order valence-electron chi connectivity index (χ4n) is 2.22. The first kappa shape index (κ1) is 19.4. The van der Waals surface area contributed by atoms with Gasteiger partial charge < -0.3 is 9.64 Å². The summed E-state index contributed by atoms with van der Waals surface area (Å²) in [5, 5.41) is 0. The maximum atomic E-state index is 12.6. The molecule has 138 valence electrons. The van der Waals surface area contributed by atoms with E-state index in [1.807, 2.05) is 0 Å². The number of alkyl halides is 3. The highest BCUT2D eigenvalue weighted by molar-refractivity contribution is 5.94. The number of rotatable bonds is 6. The molecule has 26 heavy (non-hydrogen) atoms. The predicted octanol–water partition coefficient (Wildman–Crippen LogP) is 3.31. The molecule has 2 aromatic rings. The molecule has 1 aromatic carbocycles. The number of hydrogen-bond acceptors (Lipinski definition) is 4. The van der Waals surface area contributed by atoms with Gasteiger partial charge in [0, 0.05) is 12.7 Å². The predicted molar refractivity (Wildman–Crippen MR) is 87.1 cm³/mol. The number of pyridine rings is 1. The highest BCUT2D eigenvalue weighted by Crippen LogP contribution is 2.28. The van der Waals surface area contributed by atoms with Crippen molar-refractivity contribution in [2.24, 2.45) is 0 Å². The van der Waals surface area contributed by atoms with Crippen LogP contribution < -0.4 is 0 Å². The lowest BCUT2D eigenvalue weighted by Crippen LogP contribution is -2.36. The zero-order valence-corrected chi connectivity index (χ0v) is 14.0. The van der Waals surface area contributed by atoms with Crippen LogP contribution in [-0.2, 0) is 22.3 Å². The largest absolute Gasteiger partial charge is 0.465 e. The van der Waals surface area contributed by atoms with Gasteiger partial charge in [0.15, 0.2) is 0 Å². The minimum atomic E-state index is -4.54. The Labute approximate surface area is 148 Å². The van der Waals surface area contributed by atoms with Crippen molar-refractivity contribution in [1.82, 2.24) is 9.88 Å². The molecule has 1 heterocycles. The molecule has 0 aliphatic heterocycles. The van der Waals surface area contributed by atoms with Gasteiger partial charge in [-0.05, 0) is 24.6 Å². The van der Waals surface area contributed by atoms with Crippen molar-refractivity contribution < 1.29 is 27.5 Å². The molecule has 0 aliphatic carbocycles. The van der Waals surface area contributed by atoms with Gasteiger partial charge in [-0.3, -0.25) is 14.6 Å². The lowest BCUT2D eigenvalue weighted by atomic mass is 10.2. The normalized spacial score (nSPS) is 11.1. The van der Waals surface area contributed by atoms with E-state index in [1.165, 1.54) is 4.90 Å². The third kappa shape index (κ3) is 5.30. The molecule has 5 nitrogen and oxygen atoms in total. The highest BCUT2D eigenvalue weighted by atomic mass is 19.4. The molecule has 1 aromatic heterocycles. The van der Waals surface area contributed by atoms with E-state index in [4.69, 9.17) is 4.74 Å². The number of carbonyl (C=O) groups is 2. The Bertz CT molecular complexity index is 747. The Kier molecular flexibility index (Phi) is 6.32. The molecule has 0 saturated heterocycles. The third-order valence-corrected chi connectivity index (χ3v) is 3.44. The zero-order valence-electron chi connectivity index (χ0n) is 14.0. The van der Waals surface area contributed by atoms with Gasteiger partial charge in [-0.1, -0.05) is 30.3 Å². The Hall–Kier alpha value is -2.90. The van der Waals surface area contributed by atoms with Gasteiger partial charge >= 0.3 is 12.1 Å². The number of aromatic nitrogens is 1. The zero-order chi connectivity index (χ0) is 19.2. The van der Waals surface area contributed by atoms with E-state index in [0.29, 0.717) is 6.20 Å². The number of benzene rings is 1. The first-order valence-corrected chi connectivity index (χ1v) is 7.83. The van der Waals surface area contributed by atoms with Crippen molar-refractivity contribution in [2.75, 3.05) is 13.2 Å². The van der Waals surface area contributed by atoms with Gasteiger partial charge in [-0.25, -0.2) is 0 Å². The maximum Gasteiger partial charge on any atom is 0.417 e. The van der Waals surface area contributed by atoms with Crippen LogP contribution in [0.4, 0.5) is 13.2 Å². The average Bonchev–Trinajstić information content (AvgIpc) is 2.61. The van der Waals surface area contributed by atoms with Crippen LogP contribution in [0.2, 0.25) is 0 Å². The van der Waals surface area contributed by atoms with Crippen LogP contribution in [0.25, 0.3) is 0 Å². The smallest absolute Gasteiger partial charge is 0.417 e. The van der Waals surface area contributed by atoms with E-state index in [2.05, 4.69) is 4.98 Å². The topological polar surface area (TPSA) is 59.5 Å². The second-order valence-electron chi connectivity index (χ2n) is 5.38. The molecule has 1 amide bonds. The van der Waals surface area contributed by atoms with Gasteiger partial charge in [0.25, 0.3) is 5.91 Å². The fraction of sp³-hybridized carbons (Fsp3) is 0.278. The van der Waals surface area contributed by atoms with Crippen LogP contribution in [-0.4, -0.2) is 34.9 Å². The number of ether oxygens (including phenoxy) is 1. The molecular weight excluding hydrogens is 349 g/mol. The molecule has 0 atom stereocenters. The lowest BCUT2D eigenvalue weighted by molar-refractivity contribution is -0.144. The summed E-state index contributed by atoms with van der Waals surface area (Å²) in [6.45, 7) is 1.56. The van der Waals surface area contributed by atoms with Gasteiger partial charge in [0.2, 0.25) is 0 Å². The van der Waals surface area contributed by atoms with Gasteiger partial charge in [0.05, 0.1) is 12.2 Å². The second kappa shape index (κ2) is 8.46. The molecule has 0 saturated carbocycles. The monoisotopic (exact) mass is 366 g/mol. The summed E-state index contributed by atoms with van der Waals surface area (Å²) < 4.78 is 42.7. The third-order valence-electron chi connectivity index (χ3n) is 3.44. The van der Waals surface area contributed by atoms with E-state index in [9.17, 15) is 22.8 Å². The molecule has 0 fully saturated rings. The van der Waals surface area contributed by atoms with E-state index in [1.54, 1.807) is 37.3 Å². The minimum absolute atomic E-state index is 0.0984. The molecule has 8 heteroatoms. The Morgan fingerprint density at radius 2 is 1.81 bits per heavy atom. The molecule has 0 aliphatic rings. The highest BCUT2D eigenvalue weighted by Gasteiger charge is 2.31. The lowest BCUT2D eigenvalue weighted by Gasteiger charge is -2.21. The van der Waals surface area contributed by atoms with E-state index in [0.717, 1.165) is 17.7 Å². The summed E-state index contributed by atoms with van der Waals surface area (Å²) in [5.74, 6) is -1.26. The van der Waals surface area contributed by atoms with Crippen molar-refractivity contribution >= 4 is 11.9 Å². The number of nitrogens with zero attached hydrogens (tertiary/aromatic N) is 2. The van der Waals surface area contributed by atoms with Crippen molar-refractivity contribution in [2.45, 2.75) is 19.6 Å². The van der Waals surface area contributed by atoms with Gasteiger partial charge in [0.1, 0.15) is 12.2 Å². The first-order valence-electron chi connectivity index (χ1n) is 7.83. The van der Waals surface area contributed by atoms with Crippen molar-refractivity contribution in [3.63, 3.8) is 0 Å². The van der Waals surface area contributed by atoms with Crippen LogP contribution in [0.5, 0.6) is 0 Å². The fourth-order valence-corrected chi connectivity index (χ4v) is 2.22. The van der Waals surface area contributed by atoms with Crippen LogP contribution >= 0.6 is 0 Å². The standard InChI is InChI=1S/C18H17F3N2O3/c1-2-26-16(24)12-23(11-13-6-4-3-5-7-13)17(25)15-9-8-14(10-22-15)18(19,20)21/h3-10H,2,11-12H2,1H3. The number of esters is 1. The van der Waals surface area contributed by atoms with Crippen LogP contribution in [0.3, 0.4) is 0 Å². The summed E-state index contributed by atoms with van der Waals surface area (Å²) in [6.07, 6.45) is -3.94. The van der Waals surface area contributed by atoms with Crippen molar-refractivity contribution in [3.05, 3.63) is 65.5 Å². The van der Waals surface area contributed by atoms with Crippen molar-refractivity contribution in [3.8, 4) is 0 Å². The van der Waals surface area contributed by atoms with Crippen molar-refractivity contribution in [1.29, 1.82) is 0 Å². The molecule has 0 bridgehead atoms. The maximum absolute atomic E-state index is 12.6. The second-order valence-corrected chi connectivity index (χ2v) is 5.38. The quantitative estimate of drug-likeness (QED) is 0.736. The van der Waals surface area contributed by atoms with E-state index >= 15 is 0 Å². The molecular formula is C18H17F3N2O3.